The van der Waals surface area contributed by atoms with Crippen molar-refractivity contribution in [3.63, 3.8) is 0 Å². The Kier molecular flexibility index (Phi) is 5.47. The minimum absolute atomic E-state index is 0.0235. The van der Waals surface area contributed by atoms with Crippen molar-refractivity contribution in [1.29, 1.82) is 0 Å². The summed E-state index contributed by atoms with van der Waals surface area (Å²) in [6.45, 7) is 5.65. The number of halogens is 2. The van der Waals surface area contributed by atoms with E-state index in [0.29, 0.717) is 18.1 Å². The van der Waals surface area contributed by atoms with Gasteiger partial charge in [-0.3, -0.25) is 14.5 Å². The topological polar surface area (TPSA) is 86.3 Å². The number of hydrogen-bond acceptors (Lipinski definition) is 6. The van der Waals surface area contributed by atoms with Crippen LogP contribution in [0.2, 0.25) is 0 Å². The molecule has 1 atom stereocenters. The minimum atomic E-state index is -3.00. The van der Waals surface area contributed by atoms with E-state index < -0.39 is 30.8 Å². The van der Waals surface area contributed by atoms with Crippen LogP contribution < -0.4 is 4.74 Å². The maximum atomic E-state index is 14.1. The number of carbonyl (C=O) groups is 1. The Labute approximate surface area is 177 Å². The van der Waals surface area contributed by atoms with Gasteiger partial charge in [-0.15, -0.1) is 0 Å². The number of carbonyl (C=O) groups excluding carboxylic acids is 1. The average Bonchev–Trinajstić information content (AvgIpc) is 3.42. The number of rotatable bonds is 6. The Morgan fingerprint density at radius 3 is 2.74 bits per heavy atom. The number of pyridine rings is 1. The maximum absolute atomic E-state index is 14.1. The fraction of sp³-hybridized carbons (Fsp3) is 0.429. The summed E-state index contributed by atoms with van der Waals surface area (Å²) < 4.78 is 41.1. The number of hydrogen-bond donors (Lipinski definition) is 0. The number of amides is 1. The molecule has 3 aromatic heterocycles. The lowest BCUT2D eigenvalue weighted by atomic mass is 10.1. The second-order valence-corrected chi connectivity index (χ2v) is 7.58. The zero-order valence-corrected chi connectivity index (χ0v) is 17.5. The molecule has 1 aliphatic heterocycles. The highest BCUT2D eigenvalue weighted by Crippen LogP contribution is 2.34. The van der Waals surface area contributed by atoms with Gasteiger partial charge in [-0.2, -0.15) is 5.10 Å². The Bertz CT molecular complexity index is 1080. The quantitative estimate of drug-likeness (QED) is 0.594. The summed E-state index contributed by atoms with van der Waals surface area (Å²) in [6, 6.07) is 3.95. The number of aryl methyl sites for hydroxylation is 2. The molecule has 0 aliphatic carbocycles. The lowest BCUT2D eigenvalue weighted by Gasteiger charge is -2.22. The lowest BCUT2D eigenvalue weighted by Crippen LogP contribution is -2.39. The summed E-state index contributed by atoms with van der Waals surface area (Å²) in [6.07, 6.45) is 2.61. The third kappa shape index (κ3) is 4.14. The first kappa shape index (κ1) is 21.0. The van der Waals surface area contributed by atoms with E-state index in [1.54, 1.807) is 24.5 Å². The molecule has 164 valence electrons. The molecule has 0 aromatic carbocycles. The van der Waals surface area contributed by atoms with Crippen LogP contribution in [0.15, 0.2) is 35.1 Å². The molecule has 0 spiro atoms. The smallest absolute Gasteiger partial charge is 0.276 e. The lowest BCUT2D eigenvalue weighted by molar-refractivity contribution is 0.0115. The number of likely N-dealkylation sites (tertiary alicyclic amines) is 1. The van der Waals surface area contributed by atoms with Crippen molar-refractivity contribution in [3.8, 4) is 17.1 Å². The van der Waals surface area contributed by atoms with E-state index in [0.717, 1.165) is 21.9 Å². The Morgan fingerprint density at radius 1 is 1.32 bits per heavy atom. The van der Waals surface area contributed by atoms with Crippen LogP contribution in [0.3, 0.4) is 0 Å². The third-order valence-electron chi connectivity index (χ3n) is 5.39. The molecular formula is C21H23F2N5O3. The molecule has 1 aliphatic rings. The van der Waals surface area contributed by atoms with Crippen LogP contribution in [0.25, 0.3) is 11.3 Å². The zero-order valence-electron chi connectivity index (χ0n) is 17.5. The van der Waals surface area contributed by atoms with E-state index in [9.17, 15) is 13.6 Å². The van der Waals surface area contributed by atoms with Crippen LogP contribution in [-0.4, -0.2) is 55.8 Å². The molecule has 0 saturated carbocycles. The Hall–Kier alpha value is -3.30. The summed E-state index contributed by atoms with van der Waals surface area (Å²) in [5.74, 6) is -2.73. The largest absolute Gasteiger partial charge is 0.491 e. The summed E-state index contributed by atoms with van der Waals surface area (Å²) in [5.41, 5.74) is 2.35. The van der Waals surface area contributed by atoms with Crippen LogP contribution >= 0.6 is 0 Å². The van der Waals surface area contributed by atoms with Gasteiger partial charge in [-0.05, 0) is 32.9 Å². The fourth-order valence-corrected chi connectivity index (χ4v) is 3.91. The van der Waals surface area contributed by atoms with Gasteiger partial charge in [0.15, 0.2) is 11.5 Å². The van der Waals surface area contributed by atoms with Gasteiger partial charge in [0.25, 0.3) is 11.8 Å². The molecule has 10 heteroatoms. The number of aromatic nitrogens is 4. The van der Waals surface area contributed by atoms with Crippen molar-refractivity contribution < 1.29 is 22.8 Å². The molecule has 31 heavy (non-hydrogen) atoms. The highest BCUT2D eigenvalue weighted by atomic mass is 19.3. The minimum Gasteiger partial charge on any atom is -0.491 e. The van der Waals surface area contributed by atoms with Gasteiger partial charge >= 0.3 is 0 Å². The van der Waals surface area contributed by atoms with E-state index in [4.69, 9.17) is 9.26 Å². The van der Waals surface area contributed by atoms with Crippen LogP contribution in [-0.2, 0) is 6.54 Å². The molecule has 1 fully saturated rings. The normalized spacial score (nSPS) is 17.8. The molecule has 1 amide bonds. The van der Waals surface area contributed by atoms with E-state index >= 15 is 0 Å². The van der Waals surface area contributed by atoms with Crippen molar-refractivity contribution in [2.24, 2.45) is 0 Å². The Morgan fingerprint density at radius 2 is 2.06 bits per heavy atom. The van der Waals surface area contributed by atoms with E-state index in [1.807, 2.05) is 25.5 Å². The van der Waals surface area contributed by atoms with Crippen LogP contribution in [0, 0.1) is 13.8 Å². The number of alkyl halides is 2. The van der Waals surface area contributed by atoms with E-state index in [-0.39, 0.29) is 12.3 Å². The zero-order chi connectivity index (χ0) is 22.2. The molecule has 0 unspecified atom stereocenters. The molecule has 4 rings (SSSR count). The fourth-order valence-electron chi connectivity index (χ4n) is 3.91. The summed E-state index contributed by atoms with van der Waals surface area (Å²) in [5, 5.41) is 8.29. The molecule has 0 bridgehead atoms. The van der Waals surface area contributed by atoms with Crippen molar-refractivity contribution in [2.45, 2.75) is 45.7 Å². The predicted octanol–water partition coefficient (Wildman–Crippen LogP) is 3.50. The average molecular weight is 431 g/mol. The molecule has 0 radical (unpaired) electrons. The molecule has 0 N–H and O–H groups in total. The van der Waals surface area contributed by atoms with Crippen LogP contribution in [0.5, 0.6) is 5.75 Å². The summed E-state index contributed by atoms with van der Waals surface area (Å²) >= 11 is 0. The van der Waals surface area contributed by atoms with Crippen LogP contribution in [0.1, 0.15) is 35.2 Å². The summed E-state index contributed by atoms with van der Waals surface area (Å²) in [7, 11) is 0. The van der Waals surface area contributed by atoms with Gasteiger partial charge < -0.3 is 14.2 Å². The highest BCUT2D eigenvalue weighted by Gasteiger charge is 2.48. The Balaban J connectivity index is 1.54. The second-order valence-electron chi connectivity index (χ2n) is 7.58. The van der Waals surface area contributed by atoms with Gasteiger partial charge in [0.05, 0.1) is 23.8 Å². The van der Waals surface area contributed by atoms with Gasteiger partial charge in [-0.25, -0.2) is 8.78 Å². The first-order valence-electron chi connectivity index (χ1n) is 10.0. The second kappa shape index (κ2) is 8.09. The van der Waals surface area contributed by atoms with Gasteiger partial charge in [0.1, 0.15) is 12.4 Å². The first-order chi connectivity index (χ1) is 14.8. The van der Waals surface area contributed by atoms with Crippen molar-refractivity contribution in [1.82, 2.24) is 24.8 Å². The number of ether oxygens (including phenoxy) is 1. The summed E-state index contributed by atoms with van der Waals surface area (Å²) in [4.78, 5) is 18.0. The maximum Gasteiger partial charge on any atom is 0.276 e. The monoisotopic (exact) mass is 431 g/mol. The van der Waals surface area contributed by atoms with E-state index in [2.05, 4.69) is 15.2 Å². The van der Waals surface area contributed by atoms with Crippen molar-refractivity contribution >= 4 is 5.91 Å². The predicted molar refractivity (Wildman–Crippen MR) is 107 cm³/mol. The molecular weight excluding hydrogens is 408 g/mol. The SMILES string of the molecule is CCn1nc(C)c(-c2cc(C(=O)N3CC(F)(F)C[C@H]3COc3ccncc3)no2)c1C. The molecule has 1 saturated heterocycles. The standard InChI is InChI=1S/C21H23F2N5O3/c1-4-28-14(3)19(13(2)25-28)18-9-17(26-31-18)20(29)27-12-21(22,23)10-15(27)11-30-16-5-7-24-8-6-16/h5-9,15H,4,10-12H2,1-3H3/t15-/m0/s1. The van der Waals surface area contributed by atoms with Crippen molar-refractivity contribution in [2.75, 3.05) is 13.2 Å². The highest BCUT2D eigenvalue weighted by molar-refractivity contribution is 5.93. The molecule has 3 aromatic rings. The number of nitrogens with zero attached hydrogens (tertiary/aromatic N) is 5. The third-order valence-corrected chi connectivity index (χ3v) is 5.39. The van der Waals surface area contributed by atoms with Gasteiger partial charge in [0.2, 0.25) is 0 Å². The van der Waals surface area contributed by atoms with Crippen LogP contribution in [0.4, 0.5) is 8.78 Å². The molecule has 8 nitrogen and oxygen atoms in total. The first-order valence-corrected chi connectivity index (χ1v) is 10.0. The van der Waals surface area contributed by atoms with Crippen molar-refractivity contribution in [3.05, 3.63) is 47.7 Å². The van der Waals surface area contributed by atoms with Gasteiger partial charge in [-0.1, -0.05) is 5.16 Å². The van der Waals surface area contributed by atoms with Gasteiger partial charge in [0, 0.05) is 37.1 Å². The molecule has 4 heterocycles. The van der Waals surface area contributed by atoms with E-state index in [1.165, 1.54) is 6.07 Å².